The van der Waals surface area contributed by atoms with Crippen molar-refractivity contribution in [3.05, 3.63) is 34.3 Å². The molecule has 6 heteroatoms. The summed E-state index contributed by atoms with van der Waals surface area (Å²) in [5.74, 6) is 1.92. The van der Waals surface area contributed by atoms with Crippen LogP contribution in [0.25, 0.3) is 0 Å². The van der Waals surface area contributed by atoms with Gasteiger partial charge in [-0.25, -0.2) is 0 Å². The quantitative estimate of drug-likeness (QED) is 0.903. The van der Waals surface area contributed by atoms with Gasteiger partial charge in [0, 0.05) is 12.6 Å². The van der Waals surface area contributed by atoms with Gasteiger partial charge in [-0.2, -0.15) is 9.97 Å². The molecule has 0 bridgehead atoms. The number of rotatable bonds is 4. The lowest BCUT2D eigenvalue weighted by Crippen LogP contribution is -2.04. The average Bonchev–Trinajstić information content (AvgIpc) is 2.32. The molecule has 0 saturated carbocycles. The highest BCUT2D eigenvalue weighted by Crippen LogP contribution is 2.30. The molecule has 0 saturated heterocycles. The number of halogens is 1. The van der Waals surface area contributed by atoms with Crippen LogP contribution in [0.2, 0.25) is 0 Å². The summed E-state index contributed by atoms with van der Waals surface area (Å²) in [6.45, 7) is 4.75. The maximum absolute atomic E-state index is 5.71. The second-order valence-corrected chi connectivity index (χ2v) is 4.87. The number of nitrogen functional groups attached to an aromatic ring is 1. The zero-order valence-electron chi connectivity index (χ0n) is 10.8. The van der Waals surface area contributed by atoms with Crippen molar-refractivity contribution in [1.82, 2.24) is 9.97 Å². The topological polar surface area (TPSA) is 73.1 Å². The third kappa shape index (κ3) is 3.57. The SMILES string of the molecule is CCNc1cc(Oc2ccc(C)cc2Br)nc(N)n1. The number of hydrogen-bond donors (Lipinski definition) is 2. The van der Waals surface area contributed by atoms with Crippen molar-refractivity contribution in [2.45, 2.75) is 13.8 Å². The Kier molecular flexibility index (Phi) is 4.21. The van der Waals surface area contributed by atoms with Crippen LogP contribution in [0.1, 0.15) is 12.5 Å². The van der Waals surface area contributed by atoms with E-state index in [1.165, 1.54) is 0 Å². The zero-order chi connectivity index (χ0) is 13.8. The molecule has 0 aliphatic rings. The van der Waals surface area contributed by atoms with Gasteiger partial charge in [-0.05, 0) is 47.5 Å². The fraction of sp³-hybridized carbons (Fsp3) is 0.231. The highest BCUT2D eigenvalue weighted by Gasteiger charge is 2.07. The van der Waals surface area contributed by atoms with E-state index in [9.17, 15) is 0 Å². The summed E-state index contributed by atoms with van der Waals surface area (Å²) >= 11 is 3.46. The molecule has 2 aromatic rings. The molecule has 19 heavy (non-hydrogen) atoms. The van der Waals surface area contributed by atoms with Gasteiger partial charge in [-0.3, -0.25) is 0 Å². The van der Waals surface area contributed by atoms with Crippen LogP contribution in [0.15, 0.2) is 28.7 Å². The Balaban J connectivity index is 2.27. The number of benzene rings is 1. The number of nitrogens with one attached hydrogen (secondary N) is 1. The fourth-order valence-electron chi connectivity index (χ4n) is 1.57. The zero-order valence-corrected chi connectivity index (χ0v) is 12.4. The Hall–Kier alpha value is -1.82. The predicted octanol–water partition coefficient (Wildman–Crippen LogP) is 3.35. The number of aryl methyl sites for hydroxylation is 1. The number of nitrogens with zero attached hydrogens (tertiary/aromatic N) is 2. The van der Waals surface area contributed by atoms with Crippen molar-refractivity contribution in [2.24, 2.45) is 0 Å². The van der Waals surface area contributed by atoms with Crippen molar-refractivity contribution in [3.8, 4) is 11.6 Å². The summed E-state index contributed by atoms with van der Waals surface area (Å²) < 4.78 is 6.58. The Morgan fingerprint density at radius 3 is 2.79 bits per heavy atom. The third-order valence-electron chi connectivity index (χ3n) is 2.38. The largest absolute Gasteiger partial charge is 0.438 e. The maximum atomic E-state index is 5.71. The van der Waals surface area contributed by atoms with Crippen LogP contribution in [0.3, 0.4) is 0 Å². The number of aromatic nitrogens is 2. The summed E-state index contributed by atoms with van der Waals surface area (Å²) in [4.78, 5) is 8.12. The number of nitrogens with two attached hydrogens (primary N) is 1. The standard InChI is InChI=1S/C13H15BrN4O/c1-3-16-11-7-12(18-13(15)17-11)19-10-5-4-8(2)6-9(10)14/h4-7H,3H2,1-2H3,(H3,15,16,17,18). The van der Waals surface area contributed by atoms with Crippen LogP contribution in [0, 0.1) is 6.92 Å². The minimum absolute atomic E-state index is 0.177. The van der Waals surface area contributed by atoms with E-state index in [-0.39, 0.29) is 5.95 Å². The maximum Gasteiger partial charge on any atom is 0.226 e. The smallest absolute Gasteiger partial charge is 0.226 e. The molecular weight excluding hydrogens is 308 g/mol. The third-order valence-corrected chi connectivity index (χ3v) is 3.00. The number of anilines is 2. The first-order valence-corrected chi connectivity index (χ1v) is 6.70. The van der Waals surface area contributed by atoms with E-state index in [0.717, 1.165) is 16.6 Å². The molecule has 0 aliphatic heterocycles. The lowest BCUT2D eigenvalue weighted by Gasteiger charge is -2.09. The van der Waals surface area contributed by atoms with Crippen molar-refractivity contribution < 1.29 is 4.74 Å². The van der Waals surface area contributed by atoms with Crippen LogP contribution in [0.4, 0.5) is 11.8 Å². The van der Waals surface area contributed by atoms with E-state index in [1.54, 1.807) is 6.07 Å². The fourth-order valence-corrected chi connectivity index (χ4v) is 2.14. The van der Waals surface area contributed by atoms with Gasteiger partial charge in [0.25, 0.3) is 0 Å². The van der Waals surface area contributed by atoms with Crippen LogP contribution in [-0.2, 0) is 0 Å². The van der Waals surface area contributed by atoms with Gasteiger partial charge in [0.15, 0.2) is 0 Å². The Bertz CT molecular complexity index is 589. The summed E-state index contributed by atoms with van der Waals surface area (Å²) in [7, 11) is 0. The summed E-state index contributed by atoms with van der Waals surface area (Å²) in [6, 6.07) is 7.54. The van der Waals surface area contributed by atoms with Gasteiger partial charge >= 0.3 is 0 Å². The highest BCUT2D eigenvalue weighted by molar-refractivity contribution is 9.10. The van der Waals surface area contributed by atoms with E-state index in [2.05, 4.69) is 31.2 Å². The summed E-state index contributed by atoms with van der Waals surface area (Å²) in [5.41, 5.74) is 6.80. The highest BCUT2D eigenvalue weighted by atomic mass is 79.9. The van der Waals surface area contributed by atoms with Crippen LogP contribution in [-0.4, -0.2) is 16.5 Å². The number of ether oxygens (including phenoxy) is 1. The van der Waals surface area contributed by atoms with Gasteiger partial charge < -0.3 is 15.8 Å². The van der Waals surface area contributed by atoms with E-state index in [0.29, 0.717) is 17.4 Å². The van der Waals surface area contributed by atoms with Crippen molar-refractivity contribution in [2.75, 3.05) is 17.6 Å². The Morgan fingerprint density at radius 1 is 1.32 bits per heavy atom. The number of hydrogen-bond acceptors (Lipinski definition) is 5. The molecule has 2 rings (SSSR count). The lowest BCUT2D eigenvalue weighted by molar-refractivity contribution is 0.460. The minimum atomic E-state index is 0.177. The molecule has 0 aliphatic carbocycles. The molecule has 5 nitrogen and oxygen atoms in total. The molecule has 1 heterocycles. The van der Waals surface area contributed by atoms with E-state index < -0.39 is 0 Å². The molecule has 0 atom stereocenters. The molecule has 100 valence electrons. The van der Waals surface area contributed by atoms with Gasteiger partial charge in [-0.15, -0.1) is 0 Å². The molecule has 1 aromatic carbocycles. The monoisotopic (exact) mass is 322 g/mol. The minimum Gasteiger partial charge on any atom is -0.438 e. The second-order valence-electron chi connectivity index (χ2n) is 4.02. The molecule has 0 unspecified atom stereocenters. The van der Waals surface area contributed by atoms with Crippen molar-refractivity contribution >= 4 is 27.7 Å². The van der Waals surface area contributed by atoms with Gasteiger partial charge in [-0.1, -0.05) is 6.07 Å². The van der Waals surface area contributed by atoms with Crippen molar-refractivity contribution in [1.29, 1.82) is 0 Å². The second kappa shape index (κ2) is 5.88. The van der Waals surface area contributed by atoms with Gasteiger partial charge in [0.1, 0.15) is 11.6 Å². The molecular formula is C13H15BrN4O. The van der Waals surface area contributed by atoms with E-state index in [4.69, 9.17) is 10.5 Å². The summed E-state index contributed by atoms with van der Waals surface area (Å²) in [5, 5.41) is 3.08. The molecule has 0 fully saturated rings. The molecule has 3 N–H and O–H groups in total. The first-order chi connectivity index (χ1) is 9.08. The molecule has 1 aromatic heterocycles. The Labute approximate surface area is 120 Å². The predicted molar refractivity (Wildman–Crippen MR) is 79.6 cm³/mol. The van der Waals surface area contributed by atoms with Crippen LogP contribution < -0.4 is 15.8 Å². The van der Waals surface area contributed by atoms with Crippen LogP contribution in [0.5, 0.6) is 11.6 Å². The van der Waals surface area contributed by atoms with Gasteiger partial charge in [0.2, 0.25) is 11.8 Å². The molecule has 0 radical (unpaired) electrons. The lowest BCUT2D eigenvalue weighted by atomic mass is 10.2. The molecule has 0 spiro atoms. The van der Waals surface area contributed by atoms with Crippen LogP contribution >= 0.6 is 15.9 Å². The van der Waals surface area contributed by atoms with Gasteiger partial charge in [0.05, 0.1) is 4.47 Å². The van der Waals surface area contributed by atoms with Crippen molar-refractivity contribution in [3.63, 3.8) is 0 Å². The normalized spacial score (nSPS) is 10.3. The molecule has 0 amide bonds. The first kappa shape index (κ1) is 13.6. The first-order valence-electron chi connectivity index (χ1n) is 5.91. The summed E-state index contributed by atoms with van der Waals surface area (Å²) in [6.07, 6.45) is 0. The van der Waals surface area contributed by atoms with E-state index >= 15 is 0 Å². The van der Waals surface area contributed by atoms with E-state index in [1.807, 2.05) is 32.0 Å². The Morgan fingerprint density at radius 2 is 2.11 bits per heavy atom. The average molecular weight is 323 g/mol.